The van der Waals surface area contributed by atoms with Gasteiger partial charge in [0.05, 0.1) is 10.6 Å². The molecule has 0 aliphatic heterocycles. The molecule has 0 spiro atoms. The first-order valence-electron chi connectivity index (χ1n) is 8.93. The van der Waals surface area contributed by atoms with Crippen molar-refractivity contribution in [1.82, 2.24) is 0 Å². The average molecular weight is 372 g/mol. The summed E-state index contributed by atoms with van der Waals surface area (Å²) in [6.45, 7) is 0. The monoisotopic (exact) mass is 372 g/mol. The smallest absolute Gasteiger partial charge is 0.264 e. The number of benzene rings is 2. The van der Waals surface area contributed by atoms with Crippen LogP contribution in [0, 0.1) is 5.92 Å². The predicted octanol–water partition coefficient (Wildman–Crippen LogP) is 4.03. The molecular formula is C20H24N2O3S. The molecule has 0 bridgehead atoms. The molecule has 5 nitrogen and oxygen atoms in total. The summed E-state index contributed by atoms with van der Waals surface area (Å²) in [6, 6.07) is 15.3. The highest BCUT2D eigenvalue weighted by Gasteiger charge is 2.23. The second-order valence-electron chi connectivity index (χ2n) is 6.66. The zero-order chi connectivity index (χ0) is 18.6. The number of hydrogen-bond acceptors (Lipinski definition) is 3. The Balaban J connectivity index is 1.71. The predicted molar refractivity (Wildman–Crippen MR) is 104 cm³/mol. The van der Waals surface area contributed by atoms with Crippen molar-refractivity contribution in [3.8, 4) is 0 Å². The van der Waals surface area contributed by atoms with Gasteiger partial charge >= 0.3 is 0 Å². The first kappa shape index (κ1) is 18.5. The Morgan fingerprint density at radius 1 is 0.962 bits per heavy atom. The number of hydrogen-bond donors (Lipinski definition) is 1. The molecule has 1 aliphatic carbocycles. The first-order chi connectivity index (χ1) is 12.5. The lowest BCUT2D eigenvalue weighted by Gasteiger charge is -2.21. The SMILES string of the molecule is CN(c1ccccc1)S(=O)(=O)c1ccc(NC(=O)C2CCCCC2)cc1. The molecule has 1 amide bonds. The Labute approximate surface area is 155 Å². The van der Waals surface area contributed by atoms with Crippen molar-refractivity contribution in [1.29, 1.82) is 0 Å². The molecule has 2 aromatic carbocycles. The van der Waals surface area contributed by atoms with Crippen LogP contribution in [0.15, 0.2) is 59.5 Å². The van der Waals surface area contributed by atoms with E-state index in [4.69, 9.17) is 0 Å². The summed E-state index contributed by atoms with van der Waals surface area (Å²) in [7, 11) is -2.11. The van der Waals surface area contributed by atoms with Gasteiger partial charge in [-0.15, -0.1) is 0 Å². The Bertz CT molecular complexity index is 842. The molecule has 6 heteroatoms. The number of nitrogens with zero attached hydrogens (tertiary/aromatic N) is 1. The molecule has 1 fully saturated rings. The lowest BCUT2D eigenvalue weighted by molar-refractivity contribution is -0.120. The molecule has 2 aromatic rings. The number of carbonyl (C=O) groups excluding carboxylic acids is 1. The quantitative estimate of drug-likeness (QED) is 0.862. The molecule has 0 radical (unpaired) electrons. The van der Waals surface area contributed by atoms with E-state index in [0.29, 0.717) is 11.4 Å². The van der Waals surface area contributed by atoms with Gasteiger partial charge in [-0.05, 0) is 49.2 Å². The third-order valence-electron chi connectivity index (χ3n) is 4.88. The van der Waals surface area contributed by atoms with Crippen molar-refractivity contribution in [2.24, 2.45) is 5.92 Å². The number of amides is 1. The van der Waals surface area contributed by atoms with Gasteiger partial charge in [0.1, 0.15) is 0 Å². The zero-order valence-electron chi connectivity index (χ0n) is 14.9. The molecule has 0 heterocycles. The van der Waals surface area contributed by atoms with E-state index in [-0.39, 0.29) is 16.7 Å². The molecule has 138 valence electrons. The van der Waals surface area contributed by atoms with Crippen molar-refractivity contribution >= 4 is 27.3 Å². The lowest BCUT2D eigenvalue weighted by Crippen LogP contribution is -2.26. The first-order valence-corrected chi connectivity index (χ1v) is 10.4. The topological polar surface area (TPSA) is 66.5 Å². The normalized spacial score (nSPS) is 15.4. The van der Waals surface area contributed by atoms with Crippen molar-refractivity contribution < 1.29 is 13.2 Å². The van der Waals surface area contributed by atoms with Crippen LogP contribution in [-0.4, -0.2) is 21.4 Å². The molecule has 1 saturated carbocycles. The van der Waals surface area contributed by atoms with Crippen LogP contribution >= 0.6 is 0 Å². The minimum Gasteiger partial charge on any atom is -0.326 e. The van der Waals surface area contributed by atoms with Gasteiger partial charge in [0.15, 0.2) is 0 Å². The van der Waals surface area contributed by atoms with E-state index in [1.165, 1.54) is 29.9 Å². The highest BCUT2D eigenvalue weighted by atomic mass is 32.2. The standard InChI is InChI=1S/C20H24N2O3S/c1-22(18-10-6-3-7-11-18)26(24,25)19-14-12-17(13-15-19)21-20(23)16-8-4-2-5-9-16/h3,6-7,10-16H,2,4-5,8-9H2,1H3,(H,21,23). The molecule has 1 aliphatic rings. The fourth-order valence-electron chi connectivity index (χ4n) is 3.25. The summed E-state index contributed by atoms with van der Waals surface area (Å²) in [5.41, 5.74) is 1.23. The van der Waals surface area contributed by atoms with E-state index in [1.807, 2.05) is 6.07 Å². The van der Waals surface area contributed by atoms with Crippen LogP contribution in [0.3, 0.4) is 0 Å². The second-order valence-corrected chi connectivity index (χ2v) is 8.63. The Morgan fingerprint density at radius 3 is 2.19 bits per heavy atom. The summed E-state index contributed by atoms with van der Waals surface area (Å²) in [4.78, 5) is 12.5. The van der Waals surface area contributed by atoms with Crippen LogP contribution in [0.25, 0.3) is 0 Å². The van der Waals surface area contributed by atoms with Crippen LogP contribution in [0.4, 0.5) is 11.4 Å². The number of sulfonamides is 1. The summed E-state index contributed by atoms with van der Waals surface area (Å²) in [6.07, 6.45) is 5.26. The highest BCUT2D eigenvalue weighted by molar-refractivity contribution is 7.92. The van der Waals surface area contributed by atoms with Crippen LogP contribution in [0.2, 0.25) is 0 Å². The van der Waals surface area contributed by atoms with Crippen molar-refractivity contribution in [3.05, 3.63) is 54.6 Å². The molecule has 26 heavy (non-hydrogen) atoms. The van der Waals surface area contributed by atoms with Gasteiger partial charge in [-0.25, -0.2) is 8.42 Å². The van der Waals surface area contributed by atoms with Gasteiger partial charge in [-0.3, -0.25) is 9.10 Å². The minimum atomic E-state index is -3.64. The number of carbonyl (C=O) groups is 1. The molecule has 0 aromatic heterocycles. The maximum atomic E-state index is 12.8. The molecule has 0 atom stereocenters. The third-order valence-corrected chi connectivity index (χ3v) is 6.68. The number of nitrogens with one attached hydrogen (secondary N) is 1. The van der Waals surface area contributed by atoms with E-state index >= 15 is 0 Å². The van der Waals surface area contributed by atoms with Gasteiger partial charge < -0.3 is 5.32 Å². The molecule has 1 N–H and O–H groups in total. The third kappa shape index (κ3) is 4.07. The fraction of sp³-hybridized carbons (Fsp3) is 0.350. The van der Waals surface area contributed by atoms with Gasteiger partial charge in [0.2, 0.25) is 5.91 Å². The minimum absolute atomic E-state index is 0.0294. The maximum Gasteiger partial charge on any atom is 0.264 e. The molecule has 3 rings (SSSR count). The fourth-order valence-corrected chi connectivity index (χ4v) is 4.45. The van der Waals surface area contributed by atoms with E-state index < -0.39 is 10.0 Å². The van der Waals surface area contributed by atoms with E-state index in [0.717, 1.165) is 25.7 Å². The summed E-state index contributed by atoms with van der Waals surface area (Å²) < 4.78 is 26.8. The van der Waals surface area contributed by atoms with Crippen LogP contribution in [0.5, 0.6) is 0 Å². The summed E-state index contributed by atoms with van der Waals surface area (Å²) in [5, 5.41) is 2.90. The summed E-state index contributed by atoms with van der Waals surface area (Å²) >= 11 is 0. The Morgan fingerprint density at radius 2 is 1.58 bits per heavy atom. The van der Waals surface area contributed by atoms with Crippen molar-refractivity contribution in [2.45, 2.75) is 37.0 Å². The van der Waals surface area contributed by atoms with Gasteiger partial charge in [-0.1, -0.05) is 37.5 Å². The van der Waals surface area contributed by atoms with E-state index in [1.54, 1.807) is 36.4 Å². The Hall–Kier alpha value is -2.34. The Kier molecular flexibility index (Phi) is 5.61. The van der Waals surface area contributed by atoms with Crippen molar-refractivity contribution in [2.75, 3.05) is 16.7 Å². The van der Waals surface area contributed by atoms with Crippen LogP contribution < -0.4 is 9.62 Å². The van der Waals surface area contributed by atoms with Crippen LogP contribution in [-0.2, 0) is 14.8 Å². The number of para-hydroxylation sites is 1. The highest BCUT2D eigenvalue weighted by Crippen LogP contribution is 2.26. The lowest BCUT2D eigenvalue weighted by atomic mass is 9.88. The molecular weight excluding hydrogens is 348 g/mol. The number of anilines is 2. The van der Waals surface area contributed by atoms with Crippen LogP contribution in [0.1, 0.15) is 32.1 Å². The van der Waals surface area contributed by atoms with Gasteiger partial charge in [0, 0.05) is 18.7 Å². The number of rotatable bonds is 5. The largest absolute Gasteiger partial charge is 0.326 e. The van der Waals surface area contributed by atoms with Crippen molar-refractivity contribution in [3.63, 3.8) is 0 Å². The molecule has 0 saturated heterocycles. The maximum absolute atomic E-state index is 12.8. The van der Waals surface area contributed by atoms with Gasteiger partial charge in [0.25, 0.3) is 10.0 Å². The summed E-state index contributed by atoms with van der Waals surface area (Å²) in [5.74, 6) is 0.0954. The zero-order valence-corrected chi connectivity index (χ0v) is 15.7. The van der Waals surface area contributed by atoms with E-state index in [9.17, 15) is 13.2 Å². The average Bonchev–Trinajstić information content (AvgIpc) is 2.69. The van der Waals surface area contributed by atoms with Gasteiger partial charge in [-0.2, -0.15) is 0 Å². The van der Waals surface area contributed by atoms with E-state index in [2.05, 4.69) is 5.32 Å². The second kappa shape index (κ2) is 7.91. The molecule has 0 unspecified atom stereocenters.